The van der Waals surface area contributed by atoms with Crippen LogP contribution in [0.3, 0.4) is 0 Å². The highest BCUT2D eigenvalue weighted by molar-refractivity contribution is 6.10. The Hall–Kier alpha value is -5.12. The first-order valence-electron chi connectivity index (χ1n) is 11.4. The summed E-state index contributed by atoms with van der Waals surface area (Å²) in [6, 6.07) is 43.3. The average molecular weight is 446 g/mol. The van der Waals surface area contributed by atoms with Gasteiger partial charge in [-0.15, -0.1) is 0 Å². The third-order valence-corrected chi connectivity index (χ3v) is 6.48. The first-order chi connectivity index (χ1) is 17.3. The Morgan fingerprint density at radius 1 is 0.486 bits per heavy atom. The van der Waals surface area contributed by atoms with Gasteiger partial charge in [0.25, 0.3) is 0 Å². The van der Waals surface area contributed by atoms with Crippen molar-refractivity contribution >= 4 is 21.8 Å². The fourth-order valence-corrected chi connectivity index (χ4v) is 4.91. The van der Waals surface area contributed by atoms with Gasteiger partial charge < -0.3 is 4.57 Å². The van der Waals surface area contributed by atoms with Gasteiger partial charge in [-0.3, -0.25) is 0 Å². The van der Waals surface area contributed by atoms with E-state index in [2.05, 4.69) is 89.5 Å². The molecule has 0 radical (unpaired) electrons. The predicted molar refractivity (Wildman–Crippen MR) is 141 cm³/mol. The summed E-state index contributed by atoms with van der Waals surface area (Å²) in [4.78, 5) is 0. The van der Waals surface area contributed by atoms with Crippen LogP contribution in [0, 0.1) is 22.7 Å². The first kappa shape index (κ1) is 20.5. The molecule has 0 aliphatic rings. The van der Waals surface area contributed by atoms with Crippen LogP contribution in [-0.4, -0.2) is 4.57 Å². The number of aromatic nitrogens is 1. The largest absolute Gasteiger partial charge is 0.309 e. The molecule has 162 valence electrons. The molecule has 6 aromatic rings. The Morgan fingerprint density at radius 3 is 1.91 bits per heavy atom. The lowest BCUT2D eigenvalue weighted by Gasteiger charge is -2.12. The molecule has 0 saturated carbocycles. The molecular formula is C32H19N3. The highest BCUT2D eigenvalue weighted by atomic mass is 15.0. The van der Waals surface area contributed by atoms with Crippen molar-refractivity contribution in [1.29, 1.82) is 10.5 Å². The quantitative estimate of drug-likeness (QED) is 0.278. The maximum absolute atomic E-state index is 9.73. The molecule has 1 heterocycles. The summed E-state index contributed by atoms with van der Waals surface area (Å²) in [5.74, 6) is 0. The van der Waals surface area contributed by atoms with Crippen molar-refractivity contribution in [3.05, 3.63) is 126 Å². The van der Waals surface area contributed by atoms with Crippen LogP contribution in [0.15, 0.2) is 115 Å². The molecule has 35 heavy (non-hydrogen) atoms. The van der Waals surface area contributed by atoms with Crippen LogP contribution < -0.4 is 0 Å². The van der Waals surface area contributed by atoms with E-state index in [1.807, 2.05) is 24.3 Å². The van der Waals surface area contributed by atoms with Crippen molar-refractivity contribution < 1.29 is 0 Å². The van der Waals surface area contributed by atoms with Gasteiger partial charge in [-0.1, -0.05) is 78.9 Å². The summed E-state index contributed by atoms with van der Waals surface area (Å²) in [7, 11) is 0. The van der Waals surface area contributed by atoms with Gasteiger partial charge in [0.2, 0.25) is 0 Å². The van der Waals surface area contributed by atoms with Crippen LogP contribution in [0.2, 0.25) is 0 Å². The maximum atomic E-state index is 9.73. The molecule has 0 fully saturated rings. The van der Waals surface area contributed by atoms with E-state index in [1.165, 1.54) is 0 Å². The van der Waals surface area contributed by atoms with Crippen LogP contribution in [0.4, 0.5) is 0 Å². The highest BCUT2D eigenvalue weighted by Crippen LogP contribution is 2.37. The Bertz CT molecular complexity index is 1780. The van der Waals surface area contributed by atoms with Gasteiger partial charge in [0, 0.05) is 22.0 Å². The fourth-order valence-electron chi connectivity index (χ4n) is 4.91. The molecule has 0 bridgehead atoms. The van der Waals surface area contributed by atoms with Crippen molar-refractivity contribution in [3.8, 4) is 40.1 Å². The number of hydrogen-bond donors (Lipinski definition) is 0. The normalized spacial score (nSPS) is 10.8. The molecule has 0 unspecified atom stereocenters. The number of para-hydroxylation sites is 1. The molecule has 0 N–H and O–H groups in total. The zero-order valence-electron chi connectivity index (χ0n) is 18.8. The molecule has 1 aromatic heterocycles. The van der Waals surface area contributed by atoms with Crippen molar-refractivity contribution in [3.63, 3.8) is 0 Å². The summed E-state index contributed by atoms with van der Waals surface area (Å²) in [5.41, 5.74) is 8.04. The van der Waals surface area contributed by atoms with E-state index in [-0.39, 0.29) is 0 Å². The summed E-state index contributed by atoms with van der Waals surface area (Å²) in [6.45, 7) is 0. The summed E-state index contributed by atoms with van der Waals surface area (Å²) >= 11 is 0. The molecular weight excluding hydrogens is 426 g/mol. The van der Waals surface area contributed by atoms with Gasteiger partial charge in [0.05, 0.1) is 34.3 Å². The Kier molecular flexibility index (Phi) is 4.88. The number of nitriles is 2. The minimum Gasteiger partial charge on any atom is -0.309 e. The molecule has 0 atom stereocenters. The second kappa shape index (κ2) is 8.34. The van der Waals surface area contributed by atoms with Crippen molar-refractivity contribution in [2.24, 2.45) is 0 Å². The van der Waals surface area contributed by atoms with E-state index in [0.717, 1.165) is 44.2 Å². The van der Waals surface area contributed by atoms with E-state index in [9.17, 15) is 10.5 Å². The van der Waals surface area contributed by atoms with Crippen LogP contribution in [0.25, 0.3) is 49.7 Å². The average Bonchev–Trinajstić information content (AvgIpc) is 3.26. The monoisotopic (exact) mass is 445 g/mol. The van der Waals surface area contributed by atoms with Gasteiger partial charge in [-0.25, -0.2) is 0 Å². The minimum atomic E-state index is 0.497. The van der Waals surface area contributed by atoms with Gasteiger partial charge >= 0.3 is 0 Å². The molecule has 5 aromatic carbocycles. The Labute approximate surface area is 203 Å². The van der Waals surface area contributed by atoms with E-state index in [0.29, 0.717) is 16.7 Å². The van der Waals surface area contributed by atoms with Crippen LogP contribution >= 0.6 is 0 Å². The zero-order chi connectivity index (χ0) is 23.8. The van der Waals surface area contributed by atoms with E-state index in [1.54, 1.807) is 18.2 Å². The Morgan fingerprint density at radius 2 is 1.14 bits per heavy atom. The number of hydrogen-bond acceptors (Lipinski definition) is 2. The van der Waals surface area contributed by atoms with Crippen molar-refractivity contribution in [1.82, 2.24) is 4.57 Å². The van der Waals surface area contributed by atoms with Gasteiger partial charge in [0.1, 0.15) is 0 Å². The minimum absolute atomic E-state index is 0.497. The first-order valence-corrected chi connectivity index (χ1v) is 11.4. The molecule has 3 heteroatoms. The molecule has 0 aliphatic heterocycles. The highest BCUT2D eigenvalue weighted by Gasteiger charge is 2.16. The molecule has 3 nitrogen and oxygen atoms in total. The molecule has 6 rings (SSSR count). The zero-order valence-corrected chi connectivity index (χ0v) is 18.8. The van der Waals surface area contributed by atoms with E-state index < -0.39 is 0 Å². The van der Waals surface area contributed by atoms with Crippen LogP contribution in [0.1, 0.15) is 11.1 Å². The summed E-state index contributed by atoms with van der Waals surface area (Å²) in [5, 5.41) is 21.8. The standard InChI is InChI=1S/C32H19N3/c33-20-25-11-6-12-26(21-34)32(25)24-16-17-29-28-14-4-5-15-30(28)35(31(29)19-24)27-13-7-10-23(18-27)22-8-2-1-3-9-22/h1-19H. The summed E-state index contributed by atoms with van der Waals surface area (Å²) < 4.78 is 2.27. The lowest BCUT2D eigenvalue weighted by molar-refractivity contribution is 1.18. The van der Waals surface area contributed by atoms with Crippen molar-refractivity contribution in [2.75, 3.05) is 0 Å². The topological polar surface area (TPSA) is 52.5 Å². The molecule has 0 saturated heterocycles. The lowest BCUT2D eigenvalue weighted by Crippen LogP contribution is -1.95. The van der Waals surface area contributed by atoms with Gasteiger partial charge in [-0.2, -0.15) is 10.5 Å². The maximum Gasteiger partial charge on any atom is 0.0998 e. The summed E-state index contributed by atoms with van der Waals surface area (Å²) in [6.07, 6.45) is 0. The molecule has 0 amide bonds. The SMILES string of the molecule is N#Cc1cccc(C#N)c1-c1ccc2c3ccccc3n(-c3cccc(-c4ccccc4)c3)c2c1. The van der Waals surface area contributed by atoms with Gasteiger partial charge in [-0.05, 0) is 53.1 Å². The fraction of sp³-hybridized carbons (Fsp3) is 0. The van der Waals surface area contributed by atoms with E-state index >= 15 is 0 Å². The third-order valence-electron chi connectivity index (χ3n) is 6.48. The number of fused-ring (bicyclic) bond motifs is 3. The predicted octanol–water partition coefficient (Wildman–Crippen LogP) is 7.86. The molecule has 0 aliphatic carbocycles. The number of rotatable bonds is 3. The lowest BCUT2D eigenvalue weighted by atomic mass is 9.94. The smallest absolute Gasteiger partial charge is 0.0998 e. The van der Waals surface area contributed by atoms with Crippen LogP contribution in [-0.2, 0) is 0 Å². The van der Waals surface area contributed by atoms with Crippen molar-refractivity contribution in [2.45, 2.75) is 0 Å². The molecule has 0 spiro atoms. The second-order valence-corrected chi connectivity index (χ2v) is 8.45. The van der Waals surface area contributed by atoms with Gasteiger partial charge in [0.15, 0.2) is 0 Å². The second-order valence-electron chi connectivity index (χ2n) is 8.45. The van der Waals surface area contributed by atoms with Crippen LogP contribution in [0.5, 0.6) is 0 Å². The van der Waals surface area contributed by atoms with E-state index in [4.69, 9.17) is 0 Å². The number of benzene rings is 5. The number of nitrogens with zero attached hydrogens (tertiary/aromatic N) is 3. The third kappa shape index (κ3) is 3.35. The Balaban J connectivity index is 1.66.